The van der Waals surface area contributed by atoms with E-state index in [4.69, 9.17) is 9.84 Å². The fourth-order valence-corrected chi connectivity index (χ4v) is 2.18. The van der Waals surface area contributed by atoms with Crippen LogP contribution in [0, 0.1) is 5.92 Å². The van der Waals surface area contributed by atoms with Crippen LogP contribution in [0.15, 0.2) is 0 Å². The number of hydrogen-bond acceptors (Lipinski definition) is 4. The van der Waals surface area contributed by atoms with E-state index in [9.17, 15) is 14.4 Å². The Balaban J connectivity index is 2.43. The van der Waals surface area contributed by atoms with E-state index in [0.29, 0.717) is 26.0 Å². The zero-order chi connectivity index (χ0) is 15.1. The zero-order valence-corrected chi connectivity index (χ0v) is 12.0. The Morgan fingerprint density at radius 3 is 2.70 bits per heavy atom. The number of ether oxygens (including phenoxy) is 1. The van der Waals surface area contributed by atoms with Gasteiger partial charge in [0.05, 0.1) is 18.9 Å². The first-order valence-electron chi connectivity index (χ1n) is 6.84. The highest BCUT2D eigenvalue weighted by Gasteiger charge is 2.29. The fraction of sp³-hybridized carbons (Fsp3) is 0.769. The summed E-state index contributed by atoms with van der Waals surface area (Å²) in [5.74, 6) is -1.70. The van der Waals surface area contributed by atoms with Crippen molar-refractivity contribution in [3.63, 3.8) is 0 Å². The molecule has 0 radical (unpaired) electrons. The molecule has 7 nitrogen and oxygen atoms in total. The van der Waals surface area contributed by atoms with E-state index < -0.39 is 11.9 Å². The Morgan fingerprint density at radius 1 is 1.40 bits per heavy atom. The summed E-state index contributed by atoms with van der Waals surface area (Å²) in [6.45, 7) is 3.12. The molecule has 0 spiro atoms. The molecule has 1 rings (SSSR count). The van der Waals surface area contributed by atoms with Gasteiger partial charge in [-0.05, 0) is 19.8 Å². The smallest absolute Gasteiger partial charge is 0.319 e. The number of nitrogens with zero attached hydrogens (tertiary/aromatic N) is 2. The average molecular weight is 286 g/mol. The summed E-state index contributed by atoms with van der Waals surface area (Å²) in [5, 5.41) is 9.00. The number of carbonyl (C=O) groups excluding carboxylic acids is 2. The molecule has 20 heavy (non-hydrogen) atoms. The highest BCUT2D eigenvalue weighted by Crippen LogP contribution is 2.17. The quantitative estimate of drug-likeness (QED) is 0.755. The Bertz CT molecular complexity index is 372. The first kappa shape index (κ1) is 16.3. The highest BCUT2D eigenvalue weighted by atomic mass is 16.5. The van der Waals surface area contributed by atoms with E-state index in [1.165, 1.54) is 9.80 Å². The molecule has 1 N–H and O–H groups in total. The summed E-state index contributed by atoms with van der Waals surface area (Å²) in [4.78, 5) is 37.3. The molecule has 0 saturated carbocycles. The van der Waals surface area contributed by atoms with Crippen LogP contribution in [0.1, 0.15) is 26.2 Å². The van der Waals surface area contributed by atoms with Crippen molar-refractivity contribution in [3.8, 4) is 0 Å². The number of likely N-dealkylation sites (tertiary alicyclic amines) is 1. The van der Waals surface area contributed by atoms with Gasteiger partial charge in [0.2, 0.25) is 0 Å². The lowest BCUT2D eigenvalue weighted by Crippen LogP contribution is -2.48. The Hall–Kier alpha value is -1.79. The molecule has 1 aliphatic heterocycles. The van der Waals surface area contributed by atoms with E-state index in [1.807, 2.05) is 0 Å². The molecule has 2 amide bonds. The molecular weight excluding hydrogens is 264 g/mol. The van der Waals surface area contributed by atoms with Gasteiger partial charge in [-0.3, -0.25) is 9.59 Å². The second kappa shape index (κ2) is 7.72. The predicted octanol–water partition coefficient (Wildman–Crippen LogP) is 0.788. The van der Waals surface area contributed by atoms with Gasteiger partial charge in [0.15, 0.2) is 0 Å². The molecule has 0 aliphatic carbocycles. The lowest BCUT2D eigenvalue weighted by molar-refractivity contribution is -0.143. The summed E-state index contributed by atoms with van der Waals surface area (Å²) < 4.78 is 4.80. The number of carboxylic acids is 1. The van der Waals surface area contributed by atoms with Crippen LogP contribution in [-0.4, -0.2) is 66.2 Å². The van der Waals surface area contributed by atoms with Crippen LogP contribution < -0.4 is 0 Å². The Labute approximate surface area is 118 Å². The minimum Gasteiger partial charge on any atom is -0.481 e. The van der Waals surface area contributed by atoms with Crippen molar-refractivity contribution < 1.29 is 24.2 Å². The molecule has 0 aromatic carbocycles. The monoisotopic (exact) mass is 286 g/mol. The number of aliphatic carboxylic acids is 1. The van der Waals surface area contributed by atoms with Crippen molar-refractivity contribution in [2.45, 2.75) is 26.2 Å². The van der Waals surface area contributed by atoms with Crippen LogP contribution in [-0.2, 0) is 14.3 Å². The van der Waals surface area contributed by atoms with E-state index in [1.54, 1.807) is 14.0 Å². The summed E-state index contributed by atoms with van der Waals surface area (Å²) >= 11 is 0. The lowest BCUT2D eigenvalue weighted by atomic mass is 9.99. The van der Waals surface area contributed by atoms with Crippen LogP contribution in [0.4, 0.5) is 4.79 Å². The average Bonchev–Trinajstić information content (AvgIpc) is 2.44. The molecule has 0 bridgehead atoms. The molecule has 1 aliphatic rings. The lowest BCUT2D eigenvalue weighted by Gasteiger charge is -2.33. The number of piperidine rings is 1. The third kappa shape index (κ3) is 4.71. The Morgan fingerprint density at radius 2 is 2.10 bits per heavy atom. The van der Waals surface area contributed by atoms with E-state index in [2.05, 4.69) is 0 Å². The SMILES string of the molecule is CCOC(=O)CCN(C)C(=O)N1CCC[C@H](C(=O)O)C1. The van der Waals surface area contributed by atoms with Crippen molar-refractivity contribution in [1.29, 1.82) is 0 Å². The molecule has 1 saturated heterocycles. The van der Waals surface area contributed by atoms with Crippen LogP contribution >= 0.6 is 0 Å². The molecule has 0 unspecified atom stereocenters. The number of carboxylic acid groups (broad SMARTS) is 1. The topological polar surface area (TPSA) is 87.2 Å². The first-order valence-corrected chi connectivity index (χ1v) is 6.84. The van der Waals surface area contributed by atoms with Gasteiger partial charge in [0.1, 0.15) is 0 Å². The minimum absolute atomic E-state index is 0.145. The number of hydrogen-bond donors (Lipinski definition) is 1. The first-order chi connectivity index (χ1) is 9.45. The van der Waals surface area contributed by atoms with E-state index in [-0.39, 0.29) is 31.5 Å². The van der Waals surface area contributed by atoms with Gasteiger partial charge in [-0.25, -0.2) is 4.79 Å². The molecule has 0 aromatic rings. The number of rotatable bonds is 5. The van der Waals surface area contributed by atoms with Gasteiger partial charge in [-0.1, -0.05) is 0 Å². The standard InChI is InChI=1S/C13H22N2O5/c1-3-20-11(16)6-8-14(2)13(19)15-7-4-5-10(9-15)12(17)18/h10H,3-9H2,1-2H3,(H,17,18)/t10-/m0/s1. The summed E-state index contributed by atoms with van der Waals surface area (Å²) in [6.07, 6.45) is 1.44. The molecule has 1 fully saturated rings. The molecule has 1 heterocycles. The zero-order valence-electron chi connectivity index (χ0n) is 12.0. The van der Waals surface area contributed by atoms with Crippen molar-refractivity contribution in [3.05, 3.63) is 0 Å². The maximum absolute atomic E-state index is 12.1. The predicted molar refractivity (Wildman–Crippen MR) is 71.2 cm³/mol. The van der Waals surface area contributed by atoms with Crippen molar-refractivity contribution >= 4 is 18.0 Å². The van der Waals surface area contributed by atoms with Gasteiger partial charge in [-0.2, -0.15) is 0 Å². The summed E-state index contributed by atoms with van der Waals surface area (Å²) in [5.41, 5.74) is 0. The summed E-state index contributed by atoms with van der Waals surface area (Å²) in [7, 11) is 1.60. The number of esters is 1. The largest absolute Gasteiger partial charge is 0.481 e. The number of urea groups is 1. The van der Waals surface area contributed by atoms with Gasteiger partial charge >= 0.3 is 18.0 Å². The maximum atomic E-state index is 12.1. The normalized spacial score (nSPS) is 18.5. The number of amides is 2. The maximum Gasteiger partial charge on any atom is 0.319 e. The van der Waals surface area contributed by atoms with Gasteiger partial charge < -0.3 is 19.6 Å². The highest BCUT2D eigenvalue weighted by molar-refractivity contribution is 5.77. The molecule has 0 aromatic heterocycles. The summed E-state index contributed by atoms with van der Waals surface area (Å²) in [6, 6.07) is -0.236. The molecular formula is C13H22N2O5. The molecule has 114 valence electrons. The third-order valence-corrected chi connectivity index (χ3v) is 3.32. The van der Waals surface area contributed by atoms with Crippen LogP contribution in [0.5, 0.6) is 0 Å². The van der Waals surface area contributed by atoms with E-state index >= 15 is 0 Å². The Kier molecular flexibility index (Phi) is 6.27. The third-order valence-electron chi connectivity index (χ3n) is 3.32. The molecule has 7 heteroatoms. The number of carbonyl (C=O) groups is 3. The van der Waals surface area contributed by atoms with Crippen molar-refractivity contribution in [2.24, 2.45) is 5.92 Å². The van der Waals surface area contributed by atoms with Crippen LogP contribution in [0.2, 0.25) is 0 Å². The second-order valence-corrected chi connectivity index (χ2v) is 4.88. The van der Waals surface area contributed by atoms with Gasteiger partial charge in [0.25, 0.3) is 0 Å². The second-order valence-electron chi connectivity index (χ2n) is 4.88. The minimum atomic E-state index is -0.864. The van der Waals surface area contributed by atoms with Gasteiger partial charge in [0, 0.05) is 26.7 Å². The van der Waals surface area contributed by atoms with E-state index in [0.717, 1.165) is 0 Å². The van der Waals surface area contributed by atoms with Crippen LogP contribution in [0.25, 0.3) is 0 Å². The fourth-order valence-electron chi connectivity index (χ4n) is 2.18. The van der Waals surface area contributed by atoms with Crippen LogP contribution in [0.3, 0.4) is 0 Å². The molecule has 1 atom stereocenters. The van der Waals surface area contributed by atoms with Crippen molar-refractivity contribution in [2.75, 3.05) is 33.3 Å². The van der Waals surface area contributed by atoms with Gasteiger partial charge in [-0.15, -0.1) is 0 Å². The van der Waals surface area contributed by atoms with Crippen molar-refractivity contribution in [1.82, 2.24) is 9.80 Å².